The predicted molar refractivity (Wildman–Crippen MR) is 63.9 cm³/mol. The number of carbonyl (C=O) groups excluding carboxylic acids is 1. The van der Waals surface area contributed by atoms with E-state index in [1.807, 2.05) is 13.8 Å². The van der Waals surface area contributed by atoms with Crippen molar-refractivity contribution >= 4 is 5.78 Å². The van der Waals surface area contributed by atoms with Gasteiger partial charge in [0.05, 0.1) is 11.8 Å². The van der Waals surface area contributed by atoms with E-state index in [2.05, 4.69) is 12.0 Å². The van der Waals surface area contributed by atoms with Gasteiger partial charge in [-0.05, 0) is 20.3 Å². The van der Waals surface area contributed by atoms with Gasteiger partial charge in [0.15, 0.2) is 0 Å². The normalized spacial score (nSPS) is 11.1. The van der Waals surface area contributed by atoms with E-state index in [0.717, 1.165) is 13.0 Å². The molecule has 1 aromatic rings. The molecule has 0 aromatic carbocycles. The van der Waals surface area contributed by atoms with Crippen molar-refractivity contribution in [2.45, 2.75) is 40.0 Å². The fourth-order valence-corrected chi connectivity index (χ4v) is 1.48. The van der Waals surface area contributed by atoms with Gasteiger partial charge in [0.2, 0.25) is 12.1 Å². The first-order valence-electron chi connectivity index (χ1n) is 6.02. The van der Waals surface area contributed by atoms with Crippen LogP contribution in [0.1, 0.15) is 37.6 Å². The van der Waals surface area contributed by atoms with E-state index in [9.17, 15) is 4.79 Å². The largest absolute Gasteiger partial charge is 0.346 e. The molecule has 17 heavy (non-hydrogen) atoms. The average molecular weight is 240 g/mol. The van der Waals surface area contributed by atoms with Gasteiger partial charge in [0.25, 0.3) is 0 Å². The van der Waals surface area contributed by atoms with E-state index < -0.39 is 6.29 Å². The molecule has 0 unspecified atom stereocenters. The molecule has 5 heteroatoms. The predicted octanol–water partition coefficient (Wildman–Crippen LogP) is 1.87. The van der Waals surface area contributed by atoms with Gasteiger partial charge in [-0.15, -0.1) is 0 Å². The first kappa shape index (κ1) is 13.9. The summed E-state index contributed by atoms with van der Waals surface area (Å²) in [6, 6.07) is 0. The number of aromatic nitrogens is 2. The van der Waals surface area contributed by atoms with E-state index in [1.54, 1.807) is 17.1 Å². The van der Waals surface area contributed by atoms with Crippen LogP contribution in [0.25, 0.3) is 0 Å². The molecule has 0 bridgehead atoms. The Morgan fingerprint density at radius 1 is 1.35 bits per heavy atom. The van der Waals surface area contributed by atoms with Crippen molar-refractivity contribution < 1.29 is 14.3 Å². The molecule has 1 heterocycles. The second kappa shape index (κ2) is 7.19. The molecule has 0 saturated heterocycles. The molecular weight excluding hydrogens is 220 g/mol. The van der Waals surface area contributed by atoms with Crippen molar-refractivity contribution in [2.24, 2.45) is 0 Å². The molecule has 5 nitrogen and oxygen atoms in total. The molecule has 0 atom stereocenters. The highest BCUT2D eigenvalue weighted by molar-refractivity contribution is 5.98. The number of ketones is 1. The van der Waals surface area contributed by atoms with E-state index >= 15 is 0 Å². The summed E-state index contributed by atoms with van der Waals surface area (Å²) in [6.45, 7) is 7.42. The van der Waals surface area contributed by atoms with E-state index in [-0.39, 0.29) is 5.78 Å². The van der Waals surface area contributed by atoms with Gasteiger partial charge in [0.1, 0.15) is 0 Å². The topological polar surface area (TPSA) is 53.4 Å². The van der Waals surface area contributed by atoms with Crippen LogP contribution >= 0.6 is 0 Å². The molecular formula is C12H20N2O3. The lowest BCUT2D eigenvalue weighted by Crippen LogP contribution is -2.27. The molecule has 0 fully saturated rings. The number of ether oxygens (including phenoxy) is 2. The molecule has 0 aliphatic carbocycles. The van der Waals surface area contributed by atoms with Gasteiger partial charge in [-0.25, -0.2) is 0 Å². The molecule has 1 aromatic heterocycles. The lowest BCUT2D eigenvalue weighted by Gasteiger charge is -2.14. The zero-order valence-electron chi connectivity index (χ0n) is 10.7. The van der Waals surface area contributed by atoms with Crippen LogP contribution in [0.4, 0.5) is 0 Å². The van der Waals surface area contributed by atoms with Crippen LogP contribution < -0.4 is 0 Å². The maximum atomic E-state index is 12.0. The first-order valence-corrected chi connectivity index (χ1v) is 6.02. The Morgan fingerprint density at radius 3 is 2.53 bits per heavy atom. The lowest BCUT2D eigenvalue weighted by molar-refractivity contribution is -0.107. The van der Waals surface area contributed by atoms with Crippen LogP contribution in [0.3, 0.4) is 0 Å². The van der Waals surface area contributed by atoms with Crippen LogP contribution in [0.15, 0.2) is 12.4 Å². The summed E-state index contributed by atoms with van der Waals surface area (Å²) in [6.07, 6.45) is 3.46. The molecule has 96 valence electrons. The highest BCUT2D eigenvalue weighted by atomic mass is 16.7. The highest BCUT2D eigenvalue weighted by Gasteiger charge is 2.21. The van der Waals surface area contributed by atoms with Crippen LogP contribution in [-0.4, -0.2) is 35.1 Å². The number of rotatable bonds is 8. The van der Waals surface area contributed by atoms with Crippen molar-refractivity contribution in [3.05, 3.63) is 18.0 Å². The fourth-order valence-electron chi connectivity index (χ4n) is 1.48. The van der Waals surface area contributed by atoms with E-state index in [4.69, 9.17) is 9.47 Å². The van der Waals surface area contributed by atoms with Crippen molar-refractivity contribution in [2.75, 3.05) is 13.2 Å². The van der Waals surface area contributed by atoms with Gasteiger partial charge in [-0.2, -0.15) is 5.10 Å². The molecule has 0 aliphatic rings. The summed E-state index contributed by atoms with van der Waals surface area (Å²) in [5, 5.41) is 4.11. The van der Waals surface area contributed by atoms with E-state index in [1.165, 1.54) is 0 Å². The van der Waals surface area contributed by atoms with Gasteiger partial charge < -0.3 is 9.47 Å². The summed E-state index contributed by atoms with van der Waals surface area (Å²) < 4.78 is 12.3. The van der Waals surface area contributed by atoms with Crippen LogP contribution in [0, 0.1) is 0 Å². The summed E-state index contributed by atoms with van der Waals surface area (Å²) in [7, 11) is 0. The SMILES string of the molecule is CCCn1cc(C(=O)C(OCC)OCC)cn1. The zero-order chi connectivity index (χ0) is 12.7. The summed E-state index contributed by atoms with van der Waals surface area (Å²) in [4.78, 5) is 12.0. The van der Waals surface area contributed by atoms with Gasteiger partial charge in [-0.1, -0.05) is 6.92 Å². The Kier molecular flexibility index (Phi) is 5.86. The van der Waals surface area contributed by atoms with Crippen molar-refractivity contribution in [1.82, 2.24) is 9.78 Å². The van der Waals surface area contributed by atoms with Gasteiger partial charge >= 0.3 is 0 Å². The van der Waals surface area contributed by atoms with Gasteiger partial charge in [0, 0.05) is 26.0 Å². The smallest absolute Gasteiger partial charge is 0.222 e. The molecule has 0 radical (unpaired) electrons. The Bertz CT molecular complexity index is 343. The molecule has 0 saturated carbocycles. The van der Waals surface area contributed by atoms with Crippen LogP contribution in [-0.2, 0) is 16.0 Å². The minimum Gasteiger partial charge on any atom is -0.346 e. The standard InChI is InChI=1S/C12H20N2O3/c1-4-7-14-9-10(8-13-14)11(15)12(16-5-2)17-6-3/h8-9,12H,4-7H2,1-3H3. The second-order valence-corrected chi connectivity index (χ2v) is 3.60. The lowest BCUT2D eigenvalue weighted by atomic mass is 10.2. The maximum Gasteiger partial charge on any atom is 0.222 e. The number of carbonyl (C=O) groups is 1. The molecule has 0 aliphatic heterocycles. The average Bonchev–Trinajstić information content (AvgIpc) is 2.77. The number of hydrogen-bond acceptors (Lipinski definition) is 4. The van der Waals surface area contributed by atoms with Crippen molar-refractivity contribution in [3.63, 3.8) is 0 Å². The second-order valence-electron chi connectivity index (χ2n) is 3.60. The maximum absolute atomic E-state index is 12.0. The Balaban J connectivity index is 2.70. The Hall–Kier alpha value is -1.20. The fraction of sp³-hybridized carbons (Fsp3) is 0.667. The Labute approximate surface area is 102 Å². The zero-order valence-corrected chi connectivity index (χ0v) is 10.7. The molecule has 1 rings (SSSR count). The molecule has 0 spiro atoms. The van der Waals surface area contributed by atoms with Crippen LogP contribution in [0.5, 0.6) is 0 Å². The first-order chi connectivity index (χ1) is 8.22. The van der Waals surface area contributed by atoms with E-state index in [0.29, 0.717) is 18.8 Å². The Morgan fingerprint density at radius 2 is 2.00 bits per heavy atom. The summed E-state index contributed by atoms with van der Waals surface area (Å²) >= 11 is 0. The summed E-state index contributed by atoms with van der Waals surface area (Å²) in [5.74, 6) is -0.170. The third kappa shape index (κ3) is 3.94. The monoisotopic (exact) mass is 240 g/mol. The van der Waals surface area contributed by atoms with Crippen molar-refractivity contribution in [1.29, 1.82) is 0 Å². The third-order valence-electron chi connectivity index (χ3n) is 2.22. The molecule has 0 amide bonds. The number of aryl methyl sites for hydroxylation is 1. The quantitative estimate of drug-likeness (QED) is 0.514. The van der Waals surface area contributed by atoms with Gasteiger partial charge in [-0.3, -0.25) is 9.48 Å². The minimum atomic E-state index is -0.815. The number of hydrogen-bond donors (Lipinski definition) is 0. The van der Waals surface area contributed by atoms with Crippen molar-refractivity contribution in [3.8, 4) is 0 Å². The third-order valence-corrected chi connectivity index (χ3v) is 2.22. The number of nitrogens with zero attached hydrogens (tertiary/aromatic N) is 2. The molecule has 0 N–H and O–H groups in total. The minimum absolute atomic E-state index is 0.170. The summed E-state index contributed by atoms with van der Waals surface area (Å²) in [5.41, 5.74) is 0.533. The number of Topliss-reactive ketones (excluding diaryl/α,β-unsaturated/α-hetero) is 1. The van der Waals surface area contributed by atoms with Crippen LogP contribution in [0.2, 0.25) is 0 Å². The highest BCUT2D eigenvalue weighted by Crippen LogP contribution is 2.07.